The first-order valence-electron chi connectivity index (χ1n) is 7.78. The summed E-state index contributed by atoms with van der Waals surface area (Å²) in [5.41, 5.74) is 0.371. The fourth-order valence-corrected chi connectivity index (χ4v) is 3.76. The first-order chi connectivity index (χ1) is 8.52. The predicted octanol–water partition coefficient (Wildman–Crippen LogP) is 3.65. The Balaban J connectivity index is 1.96. The molecule has 1 saturated carbocycles. The van der Waals surface area contributed by atoms with Gasteiger partial charge in [0, 0.05) is 24.9 Å². The number of hydrogen-bond acceptors (Lipinski definition) is 2. The third-order valence-corrected chi connectivity index (χ3v) is 4.98. The summed E-state index contributed by atoms with van der Waals surface area (Å²) in [5, 5.41) is 0. The van der Waals surface area contributed by atoms with Crippen molar-refractivity contribution in [2.45, 2.75) is 71.8 Å². The van der Waals surface area contributed by atoms with Gasteiger partial charge in [0.05, 0.1) is 0 Å². The molecule has 2 atom stereocenters. The summed E-state index contributed by atoms with van der Waals surface area (Å²) in [6, 6.07) is 0.733. The van der Waals surface area contributed by atoms with Gasteiger partial charge in [-0.15, -0.1) is 0 Å². The summed E-state index contributed by atoms with van der Waals surface area (Å²) in [6.07, 6.45) is 8.26. The monoisotopic (exact) mass is 251 g/mol. The molecule has 0 aromatic carbocycles. The summed E-state index contributed by atoms with van der Waals surface area (Å²) in [7, 11) is 0. The fraction of sp³-hybridized carbons (Fsp3) is 0.938. The van der Waals surface area contributed by atoms with Crippen molar-refractivity contribution in [3.05, 3.63) is 0 Å². The molecule has 18 heavy (non-hydrogen) atoms. The smallest absolute Gasteiger partial charge is 0.137 e. The number of ketones is 1. The highest BCUT2D eigenvalue weighted by atomic mass is 16.1. The lowest BCUT2D eigenvalue weighted by atomic mass is 9.71. The number of carbonyl (C=O) groups excluding carboxylic acids is 1. The van der Waals surface area contributed by atoms with Crippen LogP contribution in [0.4, 0.5) is 0 Å². The van der Waals surface area contributed by atoms with Crippen LogP contribution in [0.5, 0.6) is 0 Å². The molecule has 0 bridgehead atoms. The number of rotatable bonds is 3. The standard InChI is InChI=1S/C16H29NO/c1-4-14-7-5-6-10-17(14)12-13-11-16(2,3)9-8-15(13)18/h13-14H,4-12H2,1-3H3. The first-order valence-corrected chi connectivity index (χ1v) is 7.78. The van der Waals surface area contributed by atoms with Crippen molar-refractivity contribution in [2.75, 3.05) is 13.1 Å². The number of nitrogens with zero attached hydrogens (tertiary/aromatic N) is 1. The quantitative estimate of drug-likeness (QED) is 0.763. The molecule has 0 aromatic heterocycles. The molecule has 104 valence electrons. The van der Waals surface area contributed by atoms with Gasteiger partial charge in [-0.1, -0.05) is 27.2 Å². The average Bonchev–Trinajstić information content (AvgIpc) is 2.34. The van der Waals surface area contributed by atoms with Crippen molar-refractivity contribution in [1.29, 1.82) is 0 Å². The van der Waals surface area contributed by atoms with Crippen LogP contribution >= 0.6 is 0 Å². The van der Waals surface area contributed by atoms with Gasteiger partial charge in [-0.05, 0) is 44.1 Å². The highest BCUT2D eigenvalue weighted by Gasteiger charge is 2.35. The molecule has 2 aliphatic rings. The predicted molar refractivity (Wildman–Crippen MR) is 75.6 cm³/mol. The molecule has 2 heteroatoms. The minimum atomic E-state index is 0.306. The van der Waals surface area contributed by atoms with E-state index in [1.54, 1.807) is 0 Å². The first kappa shape index (κ1) is 14.0. The Morgan fingerprint density at radius 1 is 1.33 bits per heavy atom. The van der Waals surface area contributed by atoms with E-state index in [1.807, 2.05) is 0 Å². The second-order valence-electron chi connectivity index (χ2n) is 7.08. The van der Waals surface area contributed by atoms with E-state index in [-0.39, 0.29) is 0 Å². The van der Waals surface area contributed by atoms with Crippen LogP contribution in [0.1, 0.15) is 65.7 Å². The van der Waals surface area contributed by atoms with Crippen LogP contribution in [-0.2, 0) is 4.79 Å². The molecule has 2 fully saturated rings. The van der Waals surface area contributed by atoms with Crippen LogP contribution in [0.15, 0.2) is 0 Å². The zero-order valence-electron chi connectivity index (χ0n) is 12.4. The zero-order chi connectivity index (χ0) is 13.2. The molecule has 1 aliphatic heterocycles. The van der Waals surface area contributed by atoms with E-state index < -0.39 is 0 Å². The normalized spacial score (nSPS) is 33.6. The van der Waals surface area contributed by atoms with Crippen LogP contribution in [0.25, 0.3) is 0 Å². The highest BCUT2D eigenvalue weighted by Crippen LogP contribution is 2.37. The van der Waals surface area contributed by atoms with Gasteiger partial charge < -0.3 is 0 Å². The maximum absolute atomic E-state index is 12.1. The molecule has 0 N–H and O–H groups in total. The van der Waals surface area contributed by atoms with Gasteiger partial charge in [0.15, 0.2) is 0 Å². The van der Waals surface area contributed by atoms with E-state index >= 15 is 0 Å². The third-order valence-electron chi connectivity index (χ3n) is 4.98. The minimum Gasteiger partial charge on any atom is -0.300 e. The van der Waals surface area contributed by atoms with Gasteiger partial charge in [-0.2, -0.15) is 0 Å². The Morgan fingerprint density at radius 2 is 2.11 bits per heavy atom. The topological polar surface area (TPSA) is 20.3 Å². The molecule has 2 unspecified atom stereocenters. The van der Waals surface area contributed by atoms with Crippen molar-refractivity contribution in [2.24, 2.45) is 11.3 Å². The molecule has 1 aliphatic carbocycles. The van der Waals surface area contributed by atoms with Crippen molar-refractivity contribution in [3.8, 4) is 0 Å². The van der Waals surface area contributed by atoms with Crippen LogP contribution in [0.3, 0.4) is 0 Å². The van der Waals surface area contributed by atoms with Gasteiger partial charge >= 0.3 is 0 Å². The third kappa shape index (κ3) is 3.34. The lowest BCUT2D eigenvalue weighted by Crippen LogP contribution is -2.45. The molecular weight excluding hydrogens is 222 g/mol. The number of piperidine rings is 1. The van der Waals surface area contributed by atoms with Crippen LogP contribution < -0.4 is 0 Å². The summed E-state index contributed by atoms with van der Waals surface area (Å²) >= 11 is 0. The maximum Gasteiger partial charge on any atom is 0.137 e. The minimum absolute atomic E-state index is 0.306. The van der Waals surface area contributed by atoms with Crippen LogP contribution in [-0.4, -0.2) is 29.8 Å². The Hall–Kier alpha value is -0.370. The van der Waals surface area contributed by atoms with Crippen molar-refractivity contribution in [3.63, 3.8) is 0 Å². The summed E-state index contributed by atoms with van der Waals surface area (Å²) < 4.78 is 0. The molecule has 2 nitrogen and oxygen atoms in total. The Morgan fingerprint density at radius 3 is 2.83 bits per heavy atom. The van der Waals surface area contributed by atoms with E-state index in [9.17, 15) is 4.79 Å². The van der Waals surface area contributed by atoms with Gasteiger partial charge in [0.25, 0.3) is 0 Å². The van der Waals surface area contributed by atoms with E-state index in [2.05, 4.69) is 25.7 Å². The van der Waals surface area contributed by atoms with E-state index in [1.165, 1.54) is 32.2 Å². The van der Waals surface area contributed by atoms with Crippen LogP contribution in [0.2, 0.25) is 0 Å². The van der Waals surface area contributed by atoms with Gasteiger partial charge in [0.1, 0.15) is 5.78 Å². The molecule has 0 amide bonds. The highest BCUT2D eigenvalue weighted by molar-refractivity contribution is 5.82. The molecule has 0 radical (unpaired) electrons. The van der Waals surface area contributed by atoms with Crippen molar-refractivity contribution < 1.29 is 4.79 Å². The molecule has 1 heterocycles. The number of hydrogen-bond donors (Lipinski definition) is 0. The molecule has 0 aromatic rings. The van der Waals surface area contributed by atoms with Crippen molar-refractivity contribution >= 4 is 5.78 Å². The molecule has 1 saturated heterocycles. The zero-order valence-corrected chi connectivity index (χ0v) is 12.4. The Kier molecular flexibility index (Phi) is 4.47. The second-order valence-corrected chi connectivity index (χ2v) is 7.08. The SMILES string of the molecule is CCC1CCCCN1CC1CC(C)(C)CCC1=O. The van der Waals surface area contributed by atoms with Gasteiger partial charge in [-0.3, -0.25) is 9.69 Å². The fourth-order valence-electron chi connectivity index (χ4n) is 3.76. The number of likely N-dealkylation sites (tertiary alicyclic amines) is 1. The summed E-state index contributed by atoms with van der Waals surface area (Å²) in [5.74, 6) is 0.829. The van der Waals surface area contributed by atoms with Gasteiger partial charge in [0.2, 0.25) is 0 Å². The Labute approximate surface area is 112 Å². The Bertz CT molecular complexity index is 297. The maximum atomic E-state index is 12.1. The average molecular weight is 251 g/mol. The second kappa shape index (κ2) is 5.73. The van der Waals surface area contributed by atoms with E-state index in [0.29, 0.717) is 17.1 Å². The molecule has 2 rings (SSSR count). The molecule has 0 spiro atoms. The van der Waals surface area contributed by atoms with E-state index in [0.717, 1.165) is 31.8 Å². The lowest BCUT2D eigenvalue weighted by Gasteiger charge is -2.41. The van der Waals surface area contributed by atoms with Crippen LogP contribution in [0, 0.1) is 11.3 Å². The summed E-state index contributed by atoms with van der Waals surface area (Å²) in [6.45, 7) is 9.17. The molecular formula is C16H29NO. The largest absolute Gasteiger partial charge is 0.300 e. The van der Waals surface area contributed by atoms with E-state index in [4.69, 9.17) is 0 Å². The van der Waals surface area contributed by atoms with Crippen molar-refractivity contribution in [1.82, 2.24) is 4.90 Å². The van der Waals surface area contributed by atoms with Gasteiger partial charge in [-0.25, -0.2) is 0 Å². The lowest BCUT2D eigenvalue weighted by molar-refractivity contribution is -0.128. The number of carbonyl (C=O) groups is 1. The summed E-state index contributed by atoms with van der Waals surface area (Å²) in [4.78, 5) is 14.7. The number of Topliss-reactive ketones (excluding diaryl/α,β-unsaturated/α-hetero) is 1.